The summed E-state index contributed by atoms with van der Waals surface area (Å²) >= 11 is 0. The van der Waals surface area contributed by atoms with Gasteiger partial charge in [0.25, 0.3) is 5.91 Å². The summed E-state index contributed by atoms with van der Waals surface area (Å²) in [6.07, 6.45) is -3.83. The Kier molecular flexibility index (Phi) is 3.60. The van der Waals surface area contributed by atoms with Gasteiger partial charge < -0.3 is 14.8 Å². The molecule has 1 aromatic rings. The number of anilines is 1. The lowest BCUT2D eigenvalue weighted by atomic mass is 9.66. The second-order valence-corrected chi connectivity index (χ2v) is 7.20. The number of rotatable bonds is 3. The summed E-state index contributed by atoms with van der Waals surface area (Å²) in [6.45, 7) is 5.44. The molecule has 1 N–H and O–H groups in total. The molecular weight excluding hydrogens is 339 g/mol. The predicted molar refractivity (Wildman–Crippen MR) is 81.7 cm³/mol. The van der Waals surface area contributed by atoms with Crippen LogP contribution in [0.4, 0.5) is 18.9 Å². The number of amides is 1. The molecule has 136 valence electrons. The van der Waals surface area contributed by atoms with Gasteiger partial charge in [0.1, 0.15) is 5.75 Å². The van der Waals surface area contributed by atoms with Crippen LogP contribution in [-0.2, 0) is 14.3 Å². The minimum Gasteiger partial charge on any atom is -0.448 e. The molecule has 0 radical (unpaired) electrons. The van der Waals surface area contributed by atoms with Crippen molar-refractivity contribution in [2.45, 2.75) is 45.6 Å². The Balaban J connectivity index is 1.78. The third-order valence-electron chi connectivity index (χ3n) is 5.80. The smallest absolute Gasteiger partial charge is 0.448 e. The van der Waals surface area contributed by atoms with Gasteiger partial charge >= 0.3 is 12.3 Å². The molecule has 1 amide bonds. The molecule has 1 aromatic carbocycles. The molecule has 1 aliphatic carbocycles. The molecule has 25 heavy (non-hydrogen) atoms. The lowest BCUT2D eigenvalue weighted by Gasteiger charge is -2.35. The summed E-state index contributed by atoms with van der Waals surface area (Å²) in [7, 11) is 0. The topological polar surface area (TPSA) is 64.6 Å². The number of esters is 1. The fourth-order valence-electron chi connectivity index (χ4n) is 3.72. The zero-order valence-corrected chi connectivity index (χ0v) is 14.0. The van der Waals surface area contributed by atoms with Crippen molar-refractivity contribution >= 4 is 17.6 Å². The molecule has 5 nitrogen and oxygen atoms in total. The fraction of sp³-hybridized carbons (Fsp3) is 0.529. The van der Waals surface area contributed by atoms with Crippen LogP contribution in [0.3, 0.4) is 0 Å². The van der Waals surface area contributed by atoms with Crippen molar-refractivity contribution in [3.63, 3.8) is 0 Å². The molecule has 8 heteroatoms. The van der Waals surface area contributed by atoms with Crippen molar-refractivity contribution in [1.82, 2.24) is 0 Å². The lowest BCUT2D eigenvalue weighted by Crippen LogP contribution is -2.50. The lowest BCUT2D eigenvalue weighted by molar-refractivity contribution is -0.274. The number of nitrogens with one attached hydrogen (secondary N) is 1. The number of alkyl halides is 3. The highest BCUT2D eigenvalue weighted by Crippen LogP contribution is 2.65. The highest BCUT2D eigenvalue weighted by atomic mass is 19.4. The number of fused-ring (bicyclic) bond motifs is 2. The van der Waals surface area contributed by atoms with Crippen molar-refractivity contribution in [2.75, 3.05) is 5.32 Å². The summed E-state index contributed by atoms with van der Waals surface area (Å²) in [5.74, 6) is -1.26. The Morgan fingerprint density at radius 2 is 1.76 bits per heavy atom. The number of hydrogen-bond acceptors (Lipinski definition) is 4. The number of ether oxygens (including phenoxy) is 2. The van der Waals surface area contributed by atoms with Crippen molar-refractivity contribution in [1.29, 1.82) is 0 Å². The van der Waals surface area contributed by atoms with Crippen LogP contribution in [0, 0.1) is 10.8 Å². The average Bonchev–Trinajstić information content (AvgIpc) is 2.78. The minimum absolute atomic E-state index is 0.293. The summed E-state index contributed by atoms with van der Waals surface area (Å²) < 4.78 is 45.8. The van der Waals surface area contributed by atoms with E-state index >= 15 is 0 Å². The second kappa shape index (κ2) is 5.12. The standard InChI is InChI=1S/C17H18F3NO4/c1-14(2)15(3)8-9-16(14,25-13(15)23)12(22)21-10-4-6-11(7-5-10)24-17(18,19)20/h4-7H,8-9H2,1-3H3,(H,21,22)/t15-,16-/m0/s1. The first-order chi connectivity index (χ1) is 11.4. The van der Waals surface area contributed by atoms with E-state index in [0.29, 0.717) is 18.5 Å². The van der Waals surface area contributed by atoms with E-state index in [2.05, 4.69) is 10.1 Å². The summed E-state index contributed by atoms with van der Waals surface area (Å²) in [4.78, 5) is 25.0. The summed E-state index contributed by atoms with van der Waals surface area (Å²) in [5, 5.41) is 2.63. The number of benzene rings is 1. The van der Waals surface area contributed by atoms with Crippen LogP contribution in [-0.4, -0.2) is 23.8 Å². The maximum Gasteiger partial charge on any atom is 0.573 e. The molecule has 1 saturated carbocycles. The van der Waals surface area contributed by atoms with Crippen LogP contribution in [0.15, 0.2) is 24.3 Å². The molecule has 2 bridgehead atoms. The van der Waals surface area contributed by atoms with Gasteiger partial charge in [-0.05, 0) is 44.0 Å². The molecule has 2 aliphatic rings. The van der Waals surface area contributed by atoms with Crippen molar-refractivity contribution in [2.24, 2.45) is 10.8 Å². The van der Waals surface area contributed by atoms with Crippen LogP contribution in [0.25, 0.3) is 0 Å². The van der Waals surface area contributed by atoms with Crippen LogP contribution >= 0.6 is 0 Å². The third kappa shape index (κ3) is 2.46. The highest BCUT2D eigenvalue weighted by molar-refractivity contribution is 6.03. The maximum absolute atomic E-state index is 12.8. The Morgan fingerprint density at radius 3 is 2.20 bits per heavy atom. The second-order valence-electron chi connectivity index (χ2n) is 7.20. The minimum atomic E-state index is -4.78. The number of halogens is 3. The van der Waals surface area contributed by atoms with Crippen LogP contribution in [0.5, 0.6) is 5.75 Å². The molecule has 1 saturated heterocycles. The van der Waals surface area contributed by atoms with Gasteiger partial charge in [-0.1, -0.05) is 13.8 Å². The van der Waals surface area contributed by atoms with Gasteiger partial charge in [-0.25, -0.2) is 0 Å². The summed E-state index contributed by atoms with van der Waals surface area (Å²) in [6, 6.07) is 4.80. The average molecular weight is 357 g/mol. The molecular formula is C17H18F3NO4. The maximum atomic E-state index is 12.8. The molecule has 3 rings (SSSR count). The van der Waals surface area contributed by atoms with Gasteiger partial charge in [-0.2, -0.15) is 0 Å². The van der Waals surface area contributed by atoms with Gasteiger partial charge in [0.2, 0.25) is 0 Å². The SMILES string of the molecule is CC1(C)[C@@]2(C)CC[C@@]1(C(=O)Nc1ccc(OC(F)(F)F)cc1)OC2=O. The van der Waals surface area contributed by atoms with E-state index in [0.717, 1.165) is 12.1 Å². The number of carbonyl (C=O) groups excluding carboxylic acids is 2. The Bertz CT molecular complexity index is 728. The van der Waals surface area contributed by atoms with Gasteiger partial charge in [-0.15, -0.1) is 13.2 Å². The molecule has 2 fully saturated rings. The van der Waals surface area contributed by atoms with Crippen molar-refractivity contribution in [3.05, 3.63) is 24.3 Å². The van der Waals surface area contributed by atoms with Crippen molar-refractivity contribution < 1.29 is 32.2 Å². The third-order valence-corrected chi connectivity index (χ3v) is 5.80. The Morgan fingerprint density at radius 1 is 1.16 bits per heavy atom. The Hall–Kier alpha value is -2.25. The largest absolute Gasteiger partial charge is 0.573 e. The first-order valence-corrected chi connectivity index (χ1v) is 7.82. The molecule has 1 heterocycles. The van der Waals surface area contributed by atoms with Gasteiger partial charge in [0.15, 0.2) is 5.60 Å². The quantitative estimate of drug-likeness (QED) is 0.839. The van der Waals surface area contributed by atoms with E-state index < -0.39 is 34.7 Å². The van der Waals surface area contributed by atoms with Gasteiger partial charge in [0, 0.05) is 11.1 Å². The van der Waals surface area contributed by atoms with E-state index in [1.807, 2.05) is 13.8 Å². The molecule has 0 unspecified atom stereocenters. The number of hydrogen-bond donors (Lipinski definition) is 1. The van der Waals surface area contributed by atoms with E-state index in [4.69, 9.17) is 4.74 Å². The molecule has 2 atom stereocenters. The van der Waals surface area contributed by atoms with E-state index in [1.165, 1.54) is 12.1 Å². The van der Waals surface area contributed by atoms with Gasteiger partial charge in [0.05, 0.1) is 5.41 Å². The Labute approximate surface area is 142 Å². The first-order valence-electron chi connectivity index (χ1n) is 7.82. The zero-order valence-electron chi connectivity index (χ0n) is 14.0. The van der Waals surface area contributed by atoms with E-state index in [-0.39, 0.29) is 5.75 Å². The van der Waals surface area contributed by atoms with E-state index in [9.17, 15) is 22.8 Å². The molecule has 0 aromatic heterocycles. The zero-order chi connectivity index (χ0) is 18.7. The van der Waals surface area contributed by atoms with Crippen LogP contribution in [0.1, 0.15) is 33.6 Å². The van der Waals surface area contributed by atoms with Gasteiger partial charge in [-0.3, -0.25) is 9.59 Å². The number of carbonyl (C=O) groups is 2. The monoisotopic (exact) mass is 357 g/mol. The first kappa shape index (κ1) is 17.6. The van der Waals surface area contributed by atoms with Crippen molar-refractivity contribution in [3.8, 4) is 5.75 Å². The van der Waals surface area contributed by atoms with Crippen LogP contribution < -0.4 is 10.1 Å². The molecule has 1 aliphatic heterocycles. The van der Waals surface area contributed by atoms with E-state index in [1.54, 1.807) is 6.92 Å². The fourth-order valence-corrected chi connectivity index (χ4v) is 3.72. The normalized spacial score (nSPS) is 30.1. The molecule has 0 spiro atoms. The summed E-state index contributed by atoms with van der Waals surface area (Å²) in [5.41, 5.74) is -2.41. The highest BCUT2D eigenvalue weighted by Gasteiger charge is 2.75. The predicted octanol–water partition coefficient (Wildman–Crippen LogP) is 3.65. The van der Waals surface area contributed by atoms with Crippen LogP contribution in [0.2, 0.25) is 0 Å².